The fraction of sp³-hybridized carbons (Fsp3) is 0.300. The number of hydrogen-bond acceptors (Lipinski definition) is 5. The van der Waals surface area contributed by atoms with Gasteiger partial charge in [0.2, 0.25) is 0 Å². The molecule has 0 fully saturated rings. The number of carbonyl (C=O) groups excluding carboxylic acids is 2. The molecule has 1 atom stereocenters. The summed E-state index contributed by atoms with van der Waals surface area (Å²) in [5, 5.41) is 13.1. The molecular formula is C20H22NO5-. The highest BCUT2D eigenvalue weighted by Gasteiger charge is 2.11. The largest absolute Gasteiger partial charge is 0.546 e. The van der Waals surface area contributed by atoms with Crippen LogP contribution in [0.2, 0.25) is 0 Å². The molecule has 0 aromatic heterocycles. The first-order chi connectivity index (χ1) is 12.5. The maximum Gasteiger partial charge on any atom is 0.262 e. The third-order valence-corrected chi connectivity index (χ3v) is 3.92. The zero-order chi connectivity index (χ0) is 18.9. The topological polar surface area (TPSA) is 87.7 Å². The van der Waals surface area contributed by atoms with Gasteiger partial charge < -0.3 is 24.7 Å². The monoisotopic (exact) mass is 356 g/mol. The van der Waals surface area contributed by atoms with E-state index in [1.165, 1.54) is 0 Å². The molecule has 26 heavy (non-hydrogen) atoms. The number of carbonyl (C=O) groups is 2. The van der Waals surface area contributed by atoms with Gasteiger partial charge in [0, 0.05) is 5.69 Å². The van der Waals surface area contributed by atoms with Gasteiger partial charge >= 0.3 is 0 Å². The van der Waals surface area contributed by atoms with Crippen molar-refractivity contribution in [1.29, 1.82) is 0 Å². The maximum atomic E-state index is 12.1. The molecule has 0 spiro atoms. The Labute approximate surface area is 152 Å². The molecule has 2 aromatic carbocycles. The van der Waals surface area contributed by atoms with E-state index in [1.54, 1.807) is 24.3 Å². The molecule has 0 unspecified atom stereocenters. The Morgan fingerprint density at radius 2 is 1.73 bits per heavy atom. The number of ether oxygens (including phenoxy) is 2. The van der Waals surface area contributed by atoms with E-state index in [4.69, 9.17) is 9.47 Å². The van der Waals surface area contributed by atoms with Crippen molar-refractivity contribution in [3.05, 3.63) is 54.1 Å². The molecule has 0 bridgehead atoms. The van der Waals surface area contributed by atoms with Crippen LogP contribution in [0.25, 0.3) is 0 Å². The Morgan fingerprint density at radius 3 is 2.38 bits per heavy atom. The molecule has 0 radical (unpaired) electrons. The second-order valence-corrected chi connectivity index (χ2v) is 5.87. The van der Waals surface area contributed by atoms with Crippen molar-refractivity contribution in [2.75, 3.05) is 18.5 Å². The van der Waals surface area contributed by atoms with Crippen LogP contribution >= 0.6 is 0 Å². The summed E-state index contributed by atoms with van der Waals surface area (Å²) in [6.07, 6.45) is 0.985. The lowest BCUT2D eigenvalue weighted by atomic mass is 9.98. The summed E-state index contributed by atoms with van der Waals surface area (Å²) in [6, 6.07) is 14.1. The molecule has 0 aliphatic carbocycles. The Balaban J connectivity index is 1.88. The summed E-state index contributed by atoms with van der Waals surface area (Å²) >= 11 is 0. The number of aliphatic carboxylic acids is 1. The van der Waals surface area contributed by atoms with E-state index in [0.717, 1.165) is 12.0 Å². The van der Waals surface area contributed by atoms with Crippen molar-refractivity contribution in [3.63, 3.8) is 0 Å². The lowest BCUT2D eigenvalue weighted by Gasteiger charge is -2.15. The van der Waals surface area contributed by atoms with Crippen LogP contribution in [0.5, 0.6) is 11.5 Å². The first-order valence-electron chi connectivity index (χ1n) is 8.44. The summed E-state index contributed by atoms with van der Waals surface area (Å²) < 4.78 is 10.7. The lowest BCUT2D eigenvalue weighted by Crippen LogP contribution is -2.28. The Kier molecular flexibility index (Phi) is 7.02. The fourth-order valence-corrected chi connectivity index (χ4v) is 2.36. The van der Waals surface area contributed by atoms with Crippen molar-refractivity contribution in [1.82, 2.24) is 0 Å². The fourth-order valence-electron chi connectivity index (χ4n) is 2.36. The van der Waals surface area contributed by atoms with Crippen LogP contribution in [0.15, 0.2) is 48.5 Å². The number of hydrogen-bond donors (Lipinski definition) is 1. The van der Waals surface area contributed by atoms with Crippen molar-refractivity contribution in [3.8, 4) is 11.5 Å². The predicted molar refractivity (Wildman–Crippen MR) is 96.2 cm³/mol. The van der Waals surface area contributed by atoms with Gasteiger partial charge in [0.05, 0.1) is 5.97 Å². The molecule has 0 aliphatic heterocycles. The molecule has 2 aromatic rings. The standard InChI is InChI=1S/C20H23NO5/c1-3-14(2)17-6-4-5-7-18(17)26-12-19(22)21-15-8-10-16(11-9-15)25-13-20(23)24/h4-11,14H,3,12-13H2,1-2H3,(H,21,22)(H,23,24)/p-1/t14-/m0/s1. The minimum absolute atomic E-state index is 0.101. The average molecular weight is 356 g/mol. The van der Waals surface area contributed by atoms with Crippen LogP contribution in [0.4, 0.5) is 5.69 Å². The number of carboxylic acids is 1. The highest BCUT2D eigenvalue weighted by Crippen LogP contribution is 2.28. The molecule has 2 rings (SSSR count). The highest BCUT2D eigenvalue weighted by molar-refractivity contribution is 5.91. The number of amides is 1. The molecule has 1 N–H and O–H groups in total. The minimum Gasteiger partial charge on any atom is -0.546 e. The third kappa shape index (κ3) is 5.81. The highest BCUT2D eigenvalue weighted by atomic mass is 16.5. The van der Waals surface area contributed by atoms with Crippen LogP contribution in [-0.2, 0) is 9.59 Å². The Morgan fingerprint density at radius 1 is 1.04 bits per heavy atom. The smallest absolute Gasteiger partial charge is 0.262 e. The predicted octanol–water partition coefficient (Wildman–Crippen LogP) is 2.35. The van der Waals surface area contributed by atoms with E-state index in [1.807, 2.05) is 24.3 Å². The number of rotatable bonds is 9. The molecule has 1 amide bonds. The van der Waals surface area contributed by atoms with E-state index < -0.39 is 12.6 Å². The van der Waals surface area contributed by atoms with Crippen LogP contribution in [0, 0.1) is 0 Å². The quantitative estimate of drug-likeness (QED) is 0.745. The van der Waals surface area contributed by atoms with Gasteiger partial charge in [0.1, 0.15) is 18.1 Å². The summed E-state index contributed by atoms with van der Waals surface area (Å²) in [5.74, 6) is -0.138. The van der Waals surface area contributed by atoms with Gasteiger partial charge in [0.15, 0.2) is 6.61 Å². The van der Waals surface area contributed by atoms with Crippen LogP contribution < -0.4 is 19.9 Å². The van der Waals surface area contributed by atoms with Gasteiger partial charge in [-0.25, -0.2) is 0 Å². The van der Waals surface area contributed by atoms with Crippen LogP contribution in [0.3, 0.4) is 0 Å². The summed E-state index contributed by atoms with van der Waals surface area (Å²) in [5.41, 5.74) is 1.65. The summed E-state index contributed by atoms with van der Waals surface area (Å²) in [4.78, 5) is 22.4. The number of para-hydroxylation sites is 1. The van der Waals surface area contributed by atoms with Gasteiger partial charge in [-0.05, 0) is 48.2 Å². The molecule has 0 saturated heterocycles. The zero-order valence-corrected chi connectivity index (χ0v) is 14.9. The molecule has 0 aliphatic rings. The van der Waals surface area contributed by atoms with E-state index in [-0.39, 0.29) is 12.5 Å². The maximum absolute atomic E-state index is 12.1. The zero-order valence-electron chi connectivity index (χ0n) is 14.9. The first kappa shape index (κ1) is 19.3. The van der Waals surface area contributed by atoms with Crippen LogP contribution in [0.1, 0.15) is 31.7 Å². The van der Waals surface area contributed by atoms with E-state index in [9.17, 15) is 14.7 Å². The van der Waals surface area contributed by atoms with Gasteiger partial charge in [-0.2, -0.15) is 0 Å². The first-order valence-corrected chi connectivity index (χ1v) is 8.44. The van der Waals surface area contributed by atoms with Crippen LogP contribution in [-0.4, -0.2) is 25.1 Å². The Hall–Kier alpha value is -3.02. The average Bonchev–Trinajstić information content (AvgIpc) is 2.65. The van der Waals surface area contributed by atoms with Gasteiger partial charge in [-0.1, -0.05) is 32.0 Å². The third-order valence-electron chi connectivity index (χ3n) is 3.92. The number of carboxylic acid groups (broad SMARTS) is 1. The van der Waals surface area contributed by atoms with Crippen molar-refractivity contribution in [2.45, 2.75) is 26.2 Å². The van der Waals surface area contributed by atoms with E-state index >= 15 is 0 Å². The van der Waals surface area contributed by atoms with E-state index in [2.05, 4.69) is 19.2 Å². The number of anilines is 1. The number of benzene rings is 2. The van der Waals surface area contributed by atoms with Crippen molar-refractivity contribution >= 4 is 17.6 Å². The van der Waals surface area contributed by atoms with E-state index in [0.29, 0.717) is 23.1 Å². The lowest BCUT2D eigenvalue weighted by molar-refractivity contribution is -0.307. The van der Waals surface area contributed by atoms with Crippen molar-refractivity contribution < 1.29 is 24.2 Å². The van der Waals surface area contributed by atoms with Gasteiger partial charge in [-0.15, -0.1) is 0 Å². The van der Waals surface area contributed by atoms with Crippen molar-refractivity contribution in [2.24, 2.45) is 0 Å². The molecule has 6 heteroatoms. The molecule has 0 saturated carbocycles. The normalized spacial score (nSPS) is 11.5. The number of nitrogens with one attached hydrogen (secondary N) is 1. The molecule has 0 heterocycles. The summed E-state index contributed by atoms with van der Waals surface area (Å²) in [7, 11) is 0. The summed E-state index contributed by atoms with van der Waals surface area (Å²) in [6.45, 7) is 3.60. The van der Waals surface area contributed by atoms with Gasteiger partial charge in [0.25, 0.3) is 5.91 Å². The Bertz CT molecular complexity index is 742. The minimum atomic E-state index is -1.29. The molecule has 138 valence electrons. The SMILES string of the molecule is CC[C@H](C)c1ccccc1OCC(=O)Nc1ccc(OCC(=O)[O-])cc1. The van der Waals surface area contributed by atoms with Gasteiger partial charge in [-0.3, -0.25) is 4.79 Å². The second-order valence-electron chi connectivity index (χ2n) is 5.87. The molecule has 6 nitrogen and oxygen atoms in total. The second kappa shape index (κ2) is 9.46. The molecular weight excluding hydrogens is 334 g/mol.